The number of halogens is 1. The summed E-state index contributed by atoms with van der Waals surface area (Å²) in [5.74, 6) is 0.686. The molecule has 1 saturated heterocycles. The van der Waals surface area contributed by atoms with Crippen LogP contribution in [0, 0.1) is 17.2 Å². The van der Waals surface area contributed by atoms with Gasteiger partial charge in [-0.15, -0.1) is 0 Å². The Morgan fingerprint density at radius 1 is 1.59 bits per heavy atom. The van der Waals surface area contributed by atoms with E-state index in [9.17, 15) is 0 Å². The van der Waals surface area contributed by atoms with E-state index < -0.39 is 0 Å². The fourth-order valence-corrected chi connectivity index (χ4v) is 2.72. The SMILES string of the molecule is CNCC1CCN(c2cc(Br)ccc2C#N)C1. The van der Waals surface area contributed by atoms with Gasteiger partial charge in [0.2, 0.25) is 0 Å². The molecule has 1 fully saturated rings. The van der Waals surface area contributed by atoms with E-state index in [0.717, 1.165) is 35.4 Å². The van der Waals surface area contributed by atoms with Gasteiger partial charge in [-0.1, -0.05) is 15.9 Å². The van der Waals surface area contributed by atoms with Crippen molar-refractivity contribution < 1.29 is 0 Å². The molecule has 1 aromatic carbocycles. The number of benzene rings is 1. The van der Waals surface area contributed by atoms with Crippen molar-refractivity contribution in [1.82, 2.24) is 5.32 Å². The summed E-state index contributed by atoms with van der Waals surface area (Å²) >= 11 is 3.47. The van der Waals surface area contributed by atoms with E-state index in [1.165, 1.54) is 6.42 Å². The molecular weight excluding hydrogens is 278 g/mol. The minimum atomic E-state index is 0.686. The second kappa shape index (κ2) is 5.52. The van der Waals surface area contributed by atoms with Crippen molar-refractivity contribution in [2.24, 2.45) is 5.92 Å². The van der Waals surface area contributed by atoms with Crippen molar-refractivity contribution in [3.8, 4) is 6.07 Å². The summed E-state index contributed by atoms with van der Waals surface area (Å²) in [5.41, 5.74) is 1.82. The third kappa shape index (κ3) is 2.80. The first-order valence-corrected chi connectivity index (χ1v) is 6.63. The van der Waals surface area contributed by atoms with Crippen LogP contribution in [0.1, 0.15) is 12.0 Å². The highest BCUT2D eigenvalue weighted by Gasteiger charge is 2.23. The Balaban J connectivity index is 2.18. The predicted molar refractivity (Wildman–Crippen MR) is 73.1 cm³/mol. The average Bonchev–Trinajstić information content (AvgIpc) is 2.78. The van der Waals surface area contributed by atoms with Crippen molar-refractivity contribution in [2.45, 2.75) is 6.42 Å². The smallest absolute Gasteiger partial charge is 0.101 e. The van der Waals surface area contributed by atoms with E-state index in [1.54, 1.807) is 0 Å². The molecule has 17 heavy (non-hydrogen) atoms. The molecule has 1 aliphatic rings. The molecule has 1 heterocycles. The number of nitriles is 1. The molecule has 0 aromatic heterocycles. The summed E-state index contributed by atoms with van der Waals surface area (Å²) in [7, 11) is 1.99. The van der Waals surface area contributed by atoms with Crippen molar-refractivity contribution in [1.29, 1.82) is 5.26 Å². The van der Waals surface area contributed by atoms with E-state index in [0.29, 0.717) is 5.92 Å². The van der Waals surface area contributed by atoms with Crippen LogP contribution >= 0.6 is 15.9 Å². The third-order valence-electron chi connectivity index (χ3n) is 3.20. The molecule has 0 aliphatic carbocycles. The van der Waals surface area contributed by atoms with Gasteiger partial charge in [-0.25, -0.2) is 0 Å². The second-order valence-electron chi connectivity index (χ2n) is 4.43. The summed E-state index contributed by atoms with van der Waals surface area (Å²) in [4.78, 5) is 2.31. The molecule has 0 bridgehead atoms. The number of nitrogens with zero attached hydrogens (tertiary/aromatic N) is 2. The van der Waals surface area contributed by atoms with Gasteiger partial charge >= 0.3 is 0 Å². The average molecular weight is 294 g/mol. The van der Waals surface area contributed by atoms with Crippen LogP contribution in [-0.2, 0) is 0 Å². The molecule has 1 aliphatic heterocycles. The largest absolute Gasteiger partial charge is 0.370 e. The third-order valence-corrected chi connectivity index (χ3v) is 3.69. The van der Waals surface area contributed by atoms with Gasteiger partial charge in [0, 0.05) is 17.6 Å². The standard InChI is InChI=1S/C13H16BrN3/c1-16-8-10-4-5-17(9-10)13-6-12(14)3-2-11(13)7-15/h2-3,6,10,16H,4-5,8-9H2,1H3. The molecule has 3 nitrogen and oxygen atoms in total. The van der Waals surface area contributed by atoms with Crippen molar-refractivity contribution in [3.63, 3.8) is 0 Å². The molecule has 1 unspecified atom stereocenters. The summed E-state index contributed by atoms with van der Waals surface area (Å²) in [6.45, 7) is 3.12. The van der Waals surface area contributed by atoms with Crippen LogP contribution in [-0.4, -0.2) is 26.7 Å². The molecule has 1 aromatic rings. The number of hydrogen-bond acceptors (Lipinski definition) is 3. The monoisotopic (exact) mass is 293 g/mol. The molecule has 0 saturated carbocycles. The highest BCUT2D eigenvalue weighted by atomic mass is 79.9. The lowest BCUT2D eigenvalue weighted by Gasteiger charge is -2.20. The Morgan fingerprint density at radius 2 is 2.41 bits per heavy atom. The number of rotatable bonds is 3. The van der Waals surface area contributed by atoms with Crippen LogP contribution in [0.4, 0.5) is 5.69 Å². The molecule has 90 valence electrons. The van der Waals surface area contributed by atoms with Crippen LogP contribution in [0.5, 0.6) is 0 Å². The molecule has 1 N–H and O–H groups in total. The molecule has 2 rings (SSSR count). The quantitative estimate of drug-likeness (QED) is 0.930. The van der Waals surface area contributed by atoms with Gasteiger partial charge in [-0.3, -0.25) is 0 Å². The lowest BCUT2D eigenvalue weighted by atomic mass is 10.1. The fourth-order valence-electron chi connectivity index (χ4n) is 2.37. The highest BCUT2D eigenvalue weighted by Crippen LogP contribution is 2.29. The maximum Gasteiger partial charge on any atom is 0.101 e. The number of anilines is 1. The Labute approximate surface area is 111 Å². The lowest BCUT2D eigenvalue weighted by molar-refractivity contribution is 0.549. The molecule has 0 spiro atoms. The van der Waals surface area contributed by atoms with Gasteiger partial charge in [0.25, 0.3) is 0 Å². The van der Waals surface area contributed by atoms with Crippen molar-refractivity contribution >= 4 is 21.6 Å². The fraction of sp³-hybridized carbons (Fsp3) is 0.462. The predicted octanol–water partition coefficient (Wildman–Crippen LogP) is 2.37. The molecule has 0 radical (unpaired) electrons. The first-order chi connectivity index (χ1) is 8.24. The minimum Gasteiger partial charge on any atom is -0.370 e. The Kier molecular flexibility index (Phi) is 4.03. The van der Waals surface area contributed by atoms with Crippen LogP contribution in [0.15, 0.2) is 22.7 Å². The summed E-state index contributed by atoms with van der Waals surface area (Å²) < 4.78 is 1.03. The first kappa shape index (κ1) is 12.4. The van der Waals surface area contributed by atoms with Crippen LogP contribution in [0.25, 0.3) is 0 Å². The number of nitrogens with one attached hydrogen (secondary N) is 1. The zero-order valence-corrected chi connectivity index (χ0v) is 11.5. The van der Waals surface area contributed by atoms with Gasteiger partial charge in [-0.2, -0.15) is 5.26 Å². The molecule has 4 heteroatoms. The topological polar surface area (TPSA) is 39.1 Å². The zero-order valence-electron chi connectivity index (χ0n) is 9.91. The van der Waals surface area contributed by atoms with E-state index in [4.69, 9.17) is 5.26 Å². The van der Waals surface area contributed by atoms with Crippen LogP contribution in [0.2, 0.25) is 0 Å². The Bertz CT molecular complexity index is 439. The normalized spacial score (nSPS) is 19.4. The van der Waals surface area contributed by atoms with Crippen molar-refractivity contribution in [2.75, 3.05) is 31.6 Å². The Hall–Kier alpha value is -1.05. The van der Waals surface area contributed by atoms with Gasteiger partial charge in [-0.05, 0) is 44.1 Å². The van der Waals surface area contributed by atoms with E-state index in [2.05, 4.69) is 32.2 Å². The summed E-state index contributed by atoms with van der Waals surface area (Å²) in [5, 5.41) is 12.4. The maximum absolute atomic E-state index is 9.13. The molecule has 0 amide bonds. The Morgan fingerprint density at radius 3 is 3.12 bits per heavy atom. The zero-order chi connectivity index (χ0) is 12.3. The minimum absolute atomic E-state index is 0.686. The van der Waals surface area contributed by atoms with E-state index in [-0.39, 0.29) is 0 Å². The van der Waals surface area contributed by atoms with E-state index in [1.807, 2.05) is 25.2 Å². The second-order valence-corrected chi connectivity index (χ2v) is 5.35. The van der Waals surface area contributed by atoms with Gasteiger partial charge < -0.3 is 10.2 Å². The lowest BCUT2D eigenvalue weighted by Crippen LogP contribution is -2.24. The maximum atomic E-state index is 9.13. The van der Waals surface area contributed by atoms with Gasteiger partial charge in [0.1, 0.15) is 6.07 Å². The first-order valence-electron chi connectivity index (χ1n) is 5.83. The molecule has 1 atom stereocenters. The van der Waals surface area contributed by atoms with Gasteiger partial charge in [0.05, 0.1) is 11.3 Å². The van der Waals surface area contributed by atoms with Crippen LogP contribution < -0.4 is 10.2 Å². The van der Waals surface area contributed by atoms with Crippen LogP contribution in [0.3, 0.4) is 0 Å². The molecular formula is C13H16BrN3. The van der Waals surface area contributed by atoms with E-state index >= 15 is 0 Å². The summed E-state index contributed by atoms with van der Waals surface area (Å²) in [6.07, 6.45) is 1.19. The number of hydrogen-bond donors (Lipinski definition) is 1. The summed E-state index contributed by atoms with van der Waals surface area (Å²) in [6, 6.07) is 8.11. The van der Waals surface area contributed by atoms with Crippen molar-refractivity contribution in [3.05, 3.63) is 28.2 Å². The highest BCUT2D eigenvalue weighted by molar-refractivity contribution is 9.10. The van der Waals surface area contributed by atoms with Gasteiger partial charge in [0.15, 0.2) is 0 Å².